The topological polar surface area (TPSA) is 64.3 Å². The van der Waals surface area contributed by atoms with Gasteiger partial charge >= 0.3 is 5.69 Å². The molecule has 1 aliphatic heterocycles. The van der Waals surface area contributed by atoms with Crippen molar-refractivity contribution in [3.8, 4) is 0 Å². The summed E-state index contributed by atoms with van der Waals surface area (Å²) in [4.78, 5) is 15.5. The van der Waals surface area contributed by atoms with E-state index in [9.17, 15) is 9.18 Å². The van der Waals surface area contributed by atoms with E-state index in [4.69, 9.17) is 21.4 Å². The van der Waals surface area contributed by atoms with Crippen LogP contribution in [0.15, 0.2) is 17.1 Å². The highest BCUT2D eigenvalue weighted by Gasteiger charge is 2.49. The van der Waals surface area contributed by atoms with E-state index in [0.717, 1.165) is 4.57 Å². The van der Waals surface area contributed by atoms with Gasteiger partial charge in [-0.05, 0) is 12.5 Å². The molecule has 5 nitrogen and oxygen atoms in total. The normalized spacial score (nSPS) is 31.8. The maximum atomic E-state index is 14.1. The van der Waals surface area contributed by atoms with Crippen molar-refractivity contribution in [2.75, 3.05) is 6.61 Å². The highest BCUT2D eigenvalue weighted by molar-refractivity contribution is 6.23. The first kappa shape index (κ1) is 13.5. The van der Waals surface area contributed by atoms with Crippen molar-refractivity contribution in [2.45, 2.75) is 37.2 Å². The number of aliphatic hydroxyl groups is 1. The van der Waals surface area contributed by atoms with E-state index in [-0.39, 0.29) is 13.0 Å². The Bertz CT molecular complexity index is 491. The Balaban J connectivity index is 2.34. The molecule has 18 heavy (non-hydrogen) atoms. The Hall–Kier alpha value is -0.980. The molecule has 0 saturated carbocycles. The van der Waals surface area contributed by atoms with Gasteiger partial charge in [0.1, 0.15) is 0 Å². The van der Waals surface area contributed by atoms with Crippen molar-refractivity contribution in [1.82, 2.24) is 9.55 Å². The van der Waals surface area contributed by atoms with Crippen LogP contribution in [0.2, 0.25) is 0 Å². The molecule has 0 bridgehead atoms. The summed E-state index contributed by atoms with van der Waals surface area (Å²) in [5, 5.41) is 6.75. The fourth-order valence-corrected chi connectivity index (χ4v) is 2.26. The van der Waals surface area contributed by atoms with Crippen molar-refractivity contribution in [3.63, 3.8) is 0 Å². The molecule has 1 fully saturated rings. The molecule has 100 valence electrons. The number of ether oxygens (including phenoxy) is 1. The molecule has 2 rings (SSSR count). The van der Waals surface area contributed by atoms with Gasteiger partial charge in [-0.15, -0.1) is 0 Å². The highest BCUT2D eigenvalue weighted by atomic mass is 35.5. The first-order valence-corrected chi connectivity index (χ1v) is 6.08. The minimum Gasteiger partial charge on any atom is -0.394 e. The molecule has 3 atom stereocenters. The molecule has 1 aliphatic rings. The first-order valence-electron chi connectivity index (χ1n) is 5.70. The Labute approximate surface area is 108 Å². The van der Waals surface area contributed by atoms with Crippen molar-refractivity contribution >= 4 is 11.6 Å². The third-order valence-corrected chi connectivity index (χ3v) is 3.23. The first-order chi connectivity index (χ1) is 8.47. The Morgan fingerprint density at radius 1 is 1.78 bits per heavy atom. The molecule has 1 N–H and O–H groups in total. The number of aryl methyl sites for hydroxylation is 1. The van der Waals surface area contributed by atoms with E-state index < -0.39 is 23.1 Å². The summed E-state index contributed by atoms with van der Waals surface area (Å²) in [5.74, 6) is 0. The molecule has 0 amide bonds. The van der Waals surface area contributed by atoms with E-state index in [0.29, 0.717) is 12.1 Å². The molecule has 0 spiro atoms. The SMILES string of the molecule is CCc1ccn(C2OC(CO)CC2(F)Cl)c(=O)n1. The van der Waals surface area contributed by atoms with E-state index in [2.05, 4.69) is 4.98 Å². The predicted molar refractivity (Wildman–Crippen MR) is 63.2 cm³/mol. The molecule has 1 saturated heterocycles. The van der Waals surface area contributed by atoms with Gasteiger partial charge in [0.25, 0.3) is 0 Å². The van der Waals surface area contributed by atoms with Gasteiger partial charge in [0.2, 0.25) is 5.13 Å². The van der Waals surface area contributed by atoms with Gasteiger partial charge in [0, 0.05) is 18.3 Å². The zero-order valence-corrected chi connectivity index (χ0v) is 10.6. The lowest BCUT2D eigenvalue weighted by Gasteiger charge is -2.20. The van der Waals surface area contributed by atoms with Gasteiger partial charge < -0.3 is 9.84 Å². The molecule has 3 unspecified atom stereocenters. The molecule has 0 aromatic carbocycles. The van der Waals surface area contributed by atoms with E-state index in [1.54, 1.807) is 6.07 Å². The quantitative estimate of drug-likeness (QED) is 0.836. The van der Waals surface area contributed by atoms with Crippen molar-refractivity contribution in [3.05, 3.63) is 28.4 Å². The summed E-state index contributed by atoms with van der Waals surface area (Å²) >= 11 is 5.70. The van der Waals surface area contributed by atoms with Gasteiger partial charge in [-0.1, -0.05) is 18.5 Å². The third kappa shape index (κ3) is 2.41. The number of aromatic nitrogens is 2. The molecule has 1 aromatic heterocycles. The fourth-order valence-electron chi connectivity index (χ4n) is 1.93. The van der Waals surface area contributed by atoms with E-state index >= 15 is 0 Å². The second kappa shape index (κ2) is 4.95. The average molecular weight is 277 g/mol. The van der Waals surface area contributed by atoms with Crippen molar-refractivity contribution in [2.24, 2.45) is 0 Å². The van der Waals surface area contributed by atoms with Crippen LogP contribution in [0.5, 0.6) is 0 Å². The summed E-state index contributed by atoms with van der Waals surface area (Å²) in [6.45, 7) is 1.52. The summed E-state index contributed by atoms with van der Waals surface area (Å²) < 4.78 is 20.4. The Morgan fingerprint density at radius 3 is 3.00 bits per heavy atom. The molecule has 0 aliphatic carbocycles. The number of aliphatic hydroxyl groups excluding tert-OH is 1. The number of hydrogen-bond acceptors (Lipinski definition) is 4. The van der Waals surface area contributed by atoms with Crippen LogP contribution in [0.1, 0.15) is 25.3 Å². The second-order valence-corrected chi connectivity index (χ2v) is 4.85. The molecule has 0 radical (unpaired) electrons. The molecular weight excluding hydrogens is 263 g/mol. The van der Waals surface area contributed by atoms with Gasteiger partial charge in [0.15, 0.2) is 6.23 Å². The second-order valence-electron chi connectivity index (χ2n) is 4.22. The number of alkyl halides is 2. The van der Waals surface area contributed by atoms with Gasteiger partial charge in [-0.25, -0.2) is 9.18 Å². The fraction of sp³-hybridized carbons (Fsp3) is 0.636. The molecule has 2 heterocycles. The third-order valence-electron chi connectivity index (χ3n) is 2.89. The highest BCUT2D eigenvalue weighted by Crippen LogP contribution is 2.43. The van der Waals surface area contributed by atoms with Gasteiger partial charge in [0.05, 0.1) is 12.7 Å². The standard InChI is InChI=1S/C11H14ClFN2O3/c1-2-7-3-4-15(10(17)14-7)9-11(12,13)5-8(6-16)18-9/h3-4,8-9,16H,2,5-6H2,1H3. The maximum absolute atomic E-state index is 14.1. The van der Waals surface area contributed by atoms with Crippen LogP contribution in [-0.4, -0.2) is 32.5 Å². The number of hydrogen-bond donors (Lipinski definition) is 1. The number of nitrogens with zero attached hydrogens (tertiary/aromatic N) is 2. The van der Waals surface area contributed by atoms with E-state index in [1.165, 1.54) is 6.20 Å². The minimum absolute atomic E-state index is 0.169. The lowest BCUT2D eigenvalue weighted by Crippen LogP contribution is -2.34. The number of rotatable bonds is 3. The summed E-state index contributed by atoms with van der Waals surface area (Å²) in [5.41, 5.74) is 0.00704. The van der Waals surface area contributed by atoms with Crippen LogP contribution in [0.4, 0.5) is 4.39 Å². The monoisotopic (exact) mass is 276 g/mol. The Kier molecular flexibility index (Phi) is 3.70. The Morgan fingerprint density at radius 2 is 2.50 bits per heavy atom. The van der Waals surface area contributed by atoms with Crippen LogP contribution in [0.3, 0.4) is 0 Å². The summed E-state index contributed by atoms with van der Waals surface area (Å²) in [6.07, 6.45) is -0.118. The lowest BCUT2D eigenvalue weighted by molar-refractivity contribution is -0.0467. The van der Waals surface area contributed by atoms with Gasteiger partial charge in [-0.2, -0.15) is 4.98 Å². The molecular formula is C11H14ClFN2O3. The zero-order chi connectivity index (χ0) is 13.3. The van der Waals surface area contributed by atoms with Crippen LogP contribution in [0, 0.1) is 0 Å². The average Bonchev–Trinajstić information content (AvgIpc) is 2.64. The maximum Gasteiger partial charge on any atom is 0.350 e. The lowest BCUT2D eigenvalue weighted by atomic mass is 10.2. The molecule has 1 aromatic rings. The van der Waals surface area contributed by atoms with Crippen molar-refractivity contribution in [1.29, 1.82) is 0 Å². The van der Waals surface area contributed by atoms with Crippen LogP contribution < -0.4 is 5.69 Å². The van der Waals surface area contributed by atoms with E-state index in [1.807, 2.05) is 6.92 Å². The molecule has 7 heteroatoms. The summed E-state index contributed by atoms with van der Waals surface area (Å²) in [7, 11) is 0. The van der Waals surface area contributed by atoms with Crippen LogP contribution >= 0.6 is 11.6 Å². The largest absolute Gasteiger partial charge is 0.394 e. The van der Waals surface area contributed by atoms with Gasteiger partial charge in [-0.3, -0.25) is 4.57 Å². The summed E-state index contributed by atoms with van der Waals surface area (Å²) in [6, 6.07) is 1.62. The minimum atomic E-state index is -2.22. The smallest absolute Gasteiger partial charge is 0.350 e. The van der Waals surface area contributed by atoms with Crippen LogP contribution in [0.25, 0.3) is 0 Å². The predicted octanol–water partition coefficient (Wildman–Crippen LogP) is 0.990. The number of halogens is 2. The van der Waals surface area contributed by atoms with Crippen molar-refractivity contribution < 1.29 is 14.2 Å². The van der Waals surface area contributed by atoms with Crippen LogP contribution in [-0.2, 0) is 11.2 Å². The zero-order valence-electron chi connectivity index (χ0n) is 9.84.